The minimum absolute atomic E-state index is 0.185. The van der Waals surface area contributed by atoms with E-state index in [0.29, 0.717) is 11.9 Å². The first-order chi connectivity index (χ1) is 6.74. The van der Waals surface area contributed by atoms with Crippen molar-refractivity contribution in [2.45, 2.75) is 6.54 Å². The van der Waals surface area contributed by atoms with Crippen molar-refractivity contribution in [1.82, 2.24) is 10.3 Å². The van der Waals surface area contributed by atoms with Crippen LogP contribution in [-0.4, -0.2) is 12.0 Å². The van der Waals surface area contributed by atoms with Gasteiger partial charge in [0.25, 0.3) is 0 Å². The molecular formula is C10H10BrFN2. The maximum Gasteiger partial charge on any atom is 0.132 e. The average molecular weight is 257 g/mol. The summed E-state index contributed by atoms with van der Waals surface area (Å²) in [5.74, 6) is -0.185. The van der Waals surface area contributed by atoms with Crippen molar-refractivity contribution in [1.29, 1.82) is 0 Å². The third-order valence-corrected chi connectivity index (χ3v) is 2.86. The lowest BCUT2D eigenvalue weighted by atomic mass is 10.1. The Bertz CT molecular complexity index is 464. The number of aromatic amines is 1. The van der Waals surface area contributed by atoms with E-state index in [2.05, 4.69) is 26.2 Å². The first-order valence-corrected chi connectivity index (χ1v) is 5.12. The quantitative estimate of drug-likeness (QED) is 0.850. The lowest BCUT2D eigenvalue weighted by Crippen LogP contribution is -2.05. The Morgan fingerprint density at radius 1 is 1.50 bits per heavy atom. The lowest BCUT2D eigenvalue weighted by Gasteiger charge is -1.99. The van der Waals surface area contributed by atoms with Gasteiger partial charge in [-0.2, -0.15) is 0 Å². The molecule has 0 spiro atoms. The van der Waals surface area contributed by atoms with Gasteiger partial charge in [-0.3, -0.25) is 0 Å². The van der Waals surface area contributed by atoms with Gasteiger partial charge in [-0.05, 0) is 35.1 Å². The minimum Gasteiger partial charge on any atom is -0.349 e. The Hall–Kier alpha value is -0.870. The predicted octanol–water partition coefficient (Wildman–Crippen LogP) is 2.79. The first-order valence-electron chi connectivity index (χ1n) is 4.33. The smallest absolute Gasteiger partial charge is 0.132 e. The van der Waals surface area contributed by atoms with Gasteiger partial charge in [-0.25, -0.2) is 4.39 Å². The van der Waals surface area contributed by atoms with E-state index in [4.69, 9.17) is 0 Å². The number of benzene rings is 1. The number of aromatic nitrogens is 1. The van der Waals surface area contributed by atoms with E-state index in [1.54, 1.807) is 6.07 Å². The van der Waals surface area contributed by atoms with Crippen molar-refractivity contribution in [3.05, 3.63) is 34.2 Å². The molecule has 0 aliphatic rings. The molecule has 0 saturated heterocycles. The number of rotatable bonds is 2. The molecule has 1 aromatic heterocycles. The normalized spacial score (nSPS) is 11.1. The summed E-state index contributed by atoms with van der Waals surface area (Å²) in [6.07, 6.45) is 0. The molecule has 1 aromatic carbocycles. The van der Waals surface area contributed by atoms with E-state index < -0.39 is 0 Å². The maximum atomic E-state index is 13.5. The third kappa shape index (κ3) is 1.44. The molecule has 14 heavy (non-hydrogen) atoms. The molecule has 2 N–H and O–H groups in total. The van der Waals surface area contributed by atoms with Crippen molar-refractivity contribution >= 4 is 26.8 Å². The van der Waals surface area contributed by atoms with Crippen molar-refractivity contribution in [3.8, 4) is 0 Å². The zero-order valence-electron chi connectivity index (χ0n) is 7.70. The van der Waals surface area contributed by atoms with E-state index in [-0.39, 0.29) is 5.82 Å². The van der Waals surface area contributed by atoms with Crippen LogP contribution in [0.1, 0.15) is 5.56 Å². The van der Waals surface area contributed by atoms with E-state index >= 15 is 0 Å². The second-order valence-electron chi connectivity index (χ2n) is 3.11. The molecule has 0 amide bonds. The Kier molecular flexibility index (Phi) is 2.56. The highest BCUT2D eigenvalue weighted by Gasteiger charge is 2.11. The molecule has 74 valence electrons. The van der Waals surface area contributed by atoms with Crippen molar-refractivity contribution in [2.24, 2.45) is 0 Å². The number of nitrogens with one attached hydrogen (secondary N) is 2. The van der Waals surface area contributed by atoms with Crippen LogP contribution in [0.4, 0.5) is 4.39 Å². The molecule has 1 heterocycles. The summed E-state index contributed by atoms with van der Waals surface area (Å²) in [7, 11) is 1.84. The lowest BCUT2D eigenvalue weighted by molar-refractivity contribution is 0.638. The Morgan fingerprint density at radius 2 is 2.29 bits per heavy atom. The van der Waals surface area contributed by atoms with Crippen LogP contribution < -0.4 is 5.32 Å². The van der Waals surface area contributed by atoms with Gasteiger partial charge in [0, 0.05) is 23.0 Å². The summed E-state index contributed by atoms with van der Waals surface area (Å²) in [5, 5.41) is 3.67. The summed E-state index contributed by atoms with van der Waals surface area (Å²) in [4.78, 5) is 3.09. The van der Waals surface area contributed by atoms with Crippen LogP contribution in [0.25, 0.3) is 10.9 Å². The Morgan fingerprint density at radius 3 is 3.00 bits per heavy atom. The number of hydrogen-bond acceptors (Lipinski definition) is 1. The van der Waals surface area contributed by atoms with Gasteiger partial charge in [0.1, 0.15) is 5.82 Å². The van der Waals surface area contributed by atoms with Crippen LogP contribution >= 0.6 is 15.9 Å². The zero-order chi connectivity index (χ0) is 10.1. The molecule has 0 saturated carbocycles. The van der Waals surface area contributed by atoms with Gasteiger partial charge in [0.15, 0.2) is 0 Å². The molecule has 0 fully saturated rings. The molecule has 0 aliphatic carbocycles. The topological polar surface area (TPSA) is 27.8 Å². The van der Waals surface area contributed by atoms with Gasteiger partial charge in [0.2, 0.25) is 0 Å². The van der Waals surface area contributed by atoms with Crippen LogP contribution in [0.3, 0.4) is 0 Å². The van der Waals surface area contributed by atoms with Crippen LogP contribution in [0.5, 0.6) is 0 Å². The van der Waals surface area contributed by atoms with Gasteiger partial charge in [0.05, 0.1) is 4.60 Å². The second kappa shape index (κ2) is 3.71. The molecule has 0 aliphatic heterocycles. The van der Waals surface area contributed by atoms with Gasteiger partial charge in [-0.15, -0.1) is 0 Å². The number of halogens is 2. The molecule has 2 aromatic rings. The summed E-state index contributed by atoms with van der Waals surface area (Å²) < 4.78 is 14.4. The number of fused-ring (bicyclic) bond motifs is 1. The van der Waals surface area contributed by atoms with Crippen molar-refractivity contribution in [3.63, 3.8) is 0 Å². The Balaban J connectivity index is 2.73. The van der Waals surface area contributed by atoms with E-state index in [1.165, 1.54) is 6.07 Å². The van der Waals surface area contributed by atoms with Crippen LogP contribution in [-0.2, 0) is 6.54 Å². The molecule has 2 nitrogen and oxygen atoms in total. The molecular weight excluding hydrogens is 247 g/mol. The fourth-order valence-electron chi connectivity index (χ4n) is 1.58. The Labute approximate surface area is 89.6 Å². The molecule has 2 rings (SSSR count). The van der Waals surface area contributed by atoms with E-state index in [1.807, 2.05) is 13.1 Å². The first kappa shape index (κ1) is 9.68. The summed E-state index contributed by atoms with van der Waals surface area (Å²) >= 11 is 3.38. The largest absolute Gasteiger partial charge is 0.349 e. The molecule has 0 atom stereocenters. The fourth-order valence-corrected chi connectivity index (χ4v) is 2.13. The second-order valence-corrected chi connectivity index (χ2v) is 3.90. The standard InChI is InChI=1S/C10H10BrFN2/c1-13-5-6-9-7(12)3-2-4-8(9)14-10(6)11/h2-4,13-14H,5H2,1H3. The fraction of sp³-hybridized carbons (Fsp3) is 0.200. The van der Waals surface area contributed by atoms with Crippen LogP contribution in [0, 0.1) is 5.82 Å². The minimum atomic E-state index is -0.185. The number of hydrogen-bond donors (Lipinski definition) is 2. The molecule has 0 unspecified atom stereocenters. The maximum absolute atomic E-state index is 13.5. The zero-order valence-corrected chi connectivity index (χ0v) is 9.28. The predicted molar refractivity (Wildman–Crippen MR) is 58.7 cm³/mol. The van der Waals surface area contributed by atoms with Gasteiger partial charge < -0.3 is 10.3 Å². The van der Waals surface area contributed by atoms with Crippen molar-refractivity contribution < 1.29 is 4.39 Å². The van der Waals surface area contributed by atoms with Gasteiger partial charge >= 0.3 is 0 Å². The van der Waals surface area contributed by atoms with Crippen LogP contribution in [0.2, 0.25) is 0 Å². The third-order valence-electron chi connectivity index (χ3n) is 2.18. The highest BCUT2D eigenvalue weighted by Crippen LogP contribution is 2.28. The summed E-state index contributed by atoms with van der Waals surface area (Å²) in [5.41, 5.74) is 1.75. The SMILES string of the molecule is CNCc1c(Br)[nH]c2cccc(F)c12. The highest BCUT2D eigenvalue weighted by atomic mass is 79.9. The summed E-state index contributed by atoms with van der Waals surface area (Å²) in [6.45, 7) is 0.640. The molecule has 0 bridgehead atoms. The molecule has 0 radical (unpaired) electrons. The van der Waals surface area contributed by atoms with Crippen LogP contribution in [0.15, 0.2) is 22.8 Å². The monoisotopic (exact) mass is 256 g/mol. The van der Waals surface area contributed by atoms with Crippen molar-refractivity contribution in [2.75, 3.05) is 7.05 Å². The average Bonchev–Trinajstić information content (AvgIpc) is 2.45. The summed E-state index contributed by atoms with van der Waals surface area (Å²) in [6, 6.07) is 5.04. The number of H-pyrrole nitrogens is 1. The highest BCUT2D eigenvalue weighted by molar-refractivity contribution is 9.10. The van der Waals surface area contributed by atoms with E-state index in [9.17, 15) is 4.39 Å². The van der Waals surface area contributed by atoms with Gasteiger partial charge in [-0.1, -0.05) is 6.07 Å². The van der Waals surface area contributed by atoms with E-state index in [0.717, 1.165) is 15.7 Å². The molecule has 4 heteroatoms.